The van der Waals surface area contributed by atoms with Crippen molar-refractivity contribution in [2.75, 3.05) is 0 Å². The highest BCUT2D eigenvalue weighted by Gasteiger charge is 2.18. The maximum atomic E-state index is 12.2. The molecule has 0 saturated carbocycles. The maximum absolute atomic E-state index is 12.2. The second-order valence-corrected chi connectivity index (χ2v) is 6.68. The Morgan fingerprint density at radius 3 is 2.68 bits per heavy atom. The van der Waals surface area contributed by atoms with Crippen molar-refractivity contribution in [3.05, 3.63) is 38.0 Å². The first-order valence-corrected chi connectivity index (χ1v) is 7.56. The molecule has 0 aliphatic heterocycles. The van der Waals surface area contributed by atoms with Crippen molar-refractivity contribution in [3.8, 4) is 0 Å². The topological polar surface area (TPSA) is 46.9 Å². The highest BCUT2D eigenvalue weighted by atomic mass is 79.9. The van der Waals surface area contributed by atoms with Crippen LogP contribution in [0.2, 0.25) is 0 Å². The van der Waals surface area contributed by atoms with Gasteiger partial charge in [0.25, 0.3) is 5.91 Å². The number of thiazole rings is 1. The van der Waals surface area contributed by atoms with Crippen LogP contribution in [-0.4, -0.2) is 15.5 Å². The van der Waals surface area contributed by atoms with Crippen molar-refractivity contribution in [2.24, 2.45) is 7.05 Å². The summed E-state index contributed by atoms with van der Waals surface area (Å²) in [7, 11) is 1.85. The lowest BCUT2D eigenvalue weighted by Crippen LogP contribution is -2.28. The summed E-state index contributed by atoms with van der Waals surface area (Å²) < 4.78 is 2.70. The van der Waals surface area contributed by atoms with Crippen LogP contribution in [0.15, 0.2) is 16.7 Å². The fourth-order valence-electron chi connectivity index (χ4n) is 2.03. The molecule has 2 rings (SSSR count). The highest BCUT2D eigenvalue weighted by Crippen LogP contribution is 2.25. The lowest BCUT2D eigenvalue weighted by molar-refractivity contribution is 0.0932. The molecule has 102 valence electrons. The van der Waals surface area contributed by atoms with Crippen LogP contribution < -0.4 is 5.32 Å². The van der Waals surface area contributed by atoms with Gasteiger partial charge in [-0.15, -0.1) is 11.3 Å². The third-order valence-corrected chi connectivity index (χ3v) is 4.57. The van der Waals surface area contributed by atoms with Gasteiger partial charge < -0.3 is 9.88 Å². The van der Waals surface area contributed by atoms with Crippen molar-refractivity contribution in [1.82, 2.24) is 14.9 Å². The third-order valence-electron chi connectivity index (χ3n) is 2.88. The smallest absolute Gasteiger partial charge is 0.268 e. The van der Waals surface area contributed by atoms with Crippen LogP contribution in [0.1, 0.15) is 39.0 Å². The zero-order valence-corrected chi connectivity index (χ0v) is 13.7. The van der Waals surface area contributed by atoms with Crippen LogP contribution in [0.4, 0.5) is 0 Å². The number of carbonyl (C=O) groups is 1. The van der Waals surface area contributed by atoms with E-state index < -0.39 is 0 Å². The molecule has 0 aromatic carbocycles. The molecule has 19 heavy (non-hydrogen) atoms. The number of nitrogens with zero attached hydrogens (tertiary/aromatic N) is 2. The summed E-state index contributed by atoms with van der Waals surface area (Å²) in [5, 5.41) is 4.03. The molecule has 1 N–H and O–H groups in total. The van der Waals surface area contributed by atoms with Gasteiger partial charge in [-0.2, -0.15) is 0 Å². The van der Waals surface area contributed by atoms with E-state index in [9.17, 15) is 4.79 Å². The summed E-state index contributed by atoms with van der Waals surface area (Å²) in [4.78, 5) is 17.7. The van der Waals surface area contributed by atoms with Crippen molar-refractivity contribution in [2.45, 2.75) is 26.8 Å². The van der Waals surface area contributed by atoms with Gasteiger partial charge in [0.05, 0.1) is 16.7 Å². The van der Waals surface area contributed by atoms with E-state index in [4.69, 9.17) is 0 Å². The minimum absolute atomic E-state index is 0.0348. The predicted octanol–water partition coefficient (Wildman–Crippen LogP) is 3.35. The van der Waals surface area contributed by atoms with E-state index in [0.717, 1.165) is 20.1 Å². The fourth-order valence-corrected chi connectivity index (χ4v) is 3.49. The quantitative estimate of drug-likeness (QED) is 0.930. The van der Waals surface area contributed by atoms with Crippen LogP contribution >= 0.6 is 27.3 Å². The Kier molecular flexibility index (Phi) is 4.10. The molecule has 1 amide bonds. The van der Waals surface area contributed by atoms with Crippen LogP contribution in [-0.2, 0) is 7.05 Å². The van der Waals surface area contributed by atoms with Gasteiger partial charge in [-0.1, -0.05) is 0 Å². The Hall–Kier alpha value is -1.14. The van der Waals surface area contributed by atoms with E-state index in [-0.39, 0.29) is 11.9 Å². The normalized spacial score (nSPS) is 12.5. The van der Waals surface area contributed by atoms with E-state index in [0.29, 0.717) is 5.69 Å². The van der Waals surface area contributed by atoms with Crippen molar-refractivity contribution in [3.63, 3.8) is 0 Å². The van der Waals surface area contributed by atoms with Crippen molar-refractivity contribution in [1.29, 1.82) is 0 Å². The van der Waals surface area contributed by atoms with Crippen LogP contribution in [0.25, 0.3) is 0 Å². The number of rotatable bonds is 3. The van der Waals surface area contributed by atoms with Gasteiger partial charge in [-0.3, -0.25) is 4.79 Å². The average molecular weight is 342 g/mol. The Morgan fingerprint density at radius 1 is 1.53 bits per heavy atom. The lowest BCUT2D eigenvalue weighted by Gasteiger charge is -2.13. The number of aryl methyl sites for hydroxylation is 3. The number of hydrogen-bond acceptors (Lipinski definition) is 3. The van der Waals surface area contributed by atoms with Gasteiger partial charge in [0.1, 0.15) is 5.69 Å². The first kappa shape index (κ1) is 14.3. The maximum Gasteiger partial charge on any atom is 0.268 e. The molecule has 1 unspecified atom stereocenters. The predicted molar refractivity (Wildman–Crippen MR) is 80.6 cm³/mol. The molecule has 2 aromatic heterocycles. The van der Waals surface area contributed by atoms with Crippen molar-refractivity contribution >= 4 is 33.2 Å². The Bertz CT molecular complexity index is 617. The summed E-state index contributed by atoms with van der Waals surface area (Å²) >= 11 is 5.00. The second kappa shape index (κ2) is 5.46. The number of hydrogen-bond donors (Lipinski definition) is 1. The molecule has 6 heteroatoms. The lowest BCUT2D eigenvalue weighted by atomic mass is 10.2. The number of amides is 1. The van der Waals surface area contributed by atoms with Gasteiger partial charge in [0.2, 0.25) is 0 Å². The summed E-state index contributed by atoms with van der Waals surface area (Å²) in [5.41, 5.74) is 1.63. The Morgan fingerprint density at radius 2 is 2.21 bits per heavy atom. The summed E-state index contributed by atoms with van der Waals surface area (Å²) in [6.07, 6.45) is 1.86. The molecule has 0 aliphatic carbocycles. The van der Waals surface area contributed by atoms with Gasteiger partial charge in [-0.05, 0) is 42.8 Å². The van der Waals surface area contributed by atoms with E-state index in [1.165, 1.54) is 0 Å². The van der Waals surface area contributed by atoms with Gasteiger partial charge >= 0.3 is 0 Å². The molecule has 0 spiro atoms. The number of aromatic nitrogens is 2. The van der Waals surface area contributed by atoms with Gasteiger partial charge in [-0.25, -0.2) is 4.98 Å². The van der Waals surface area contributed by atoms with Gasteiger partial charge in [0, 0.05) is 22.6 Å². The molecule has 0 bridgehead atoms. The van der Waals surface area contributed by atoms with E-state index in [1.54, 1.807) is 15.9 Å². The van der Waals surface area contributed by atoms with Crippen molar-refractivity contribution < 1.29 is 4.79 Å². The van der Waals surface area contributed by atoms with E-state index in [1.807, 2.05) is 40.1 Å². The number of carbonyl (C=O) groups excluding carboxylic acids is 1. The fraction of sp³-hybridized carbons (Fsp3) is 0.385. The average Bonchev–Trinajstić information content (AvgIpc) is 2.81. The number of halogens is 1. The molecular formula is C13H16BrN3OS. The molecule has 0 aliphatic rings. The van der Waals surface area contributed by atoms with Gasteiger partial charge in [0.15, 0.2) is 0 Å². The zero-order valence-electron chi connectivity index (χ0n) is 11.3. The number of nitrogens with one attached hydrogen (secondary N) is 1. The zero-order chi connectivity index (χ0) is 14.2. The van der Waals surface area contributed by atoms with Crippen LogP contribution in [0, 0.1) is 13.8 Å². The summed E-state index contributed by atoms with van der Waals surface area (Å²) in [6, 6.07) is 1.78. The largest absolute Gasteiger partial charge is 0.345 e. The molecule has 4 nitrogen and oxygen atoms in total. The molecule has 0 fully saturated rings. The standard InChI is InChI=1S/C13H16BrN3OS/c1-7-12(19-9(3)15-7)8(2)16-13(18)11-5-10(14)6-17(11)4/h5-6,8H,1-4H3,(H,16,18). The SMILES string of the molecule is Cc1nc(C)c(C(C)NC(=O)c2cc(Br)cn2C)s1. The summed E-state index contributed by atoms with van der Waals surface area (Å²) in [6.45, 7) is 5.93. The molecule has 0 radical (unpaired) electrons. The molecular weight excluding hydrogens is 326 g/mol. The molecule has 0 saturated heterocycles. The Labute approximate surface area is 125 Å². The van der Waals surface area contributed by atoms with Crippen LogP contribution in [0.3, 0.4) is 0 Å². The minimum atomic E-state index is -0.0776. The monoisotopic (exact) mass is 341 g/mol. The first-order valence-electron chi connectivity index (χ1n) is 5.95. The second-order valence-electron chi connectivity index (χ2n) is 4.53. The Balaban J connectivity index is 2.15. The molecule has 1 atom stereocenters. The molecule has 2 aromatic rings. The third kappa shape index (κ3) is 3.06. The highest BCUT2D eigenvalue weighted by molar-refractivity contribution is 9.10. The summed E-state index contributed by atoms with van der Waals surface area (Å²) in [5.74, 6) is -0.0776. The first-order chi connectivity index (χ1) is 8.88. The van der Waals surface area contributed by atoms with E-state index in [2.05, 4.69) is 26.2 Å². The molecule has 2 heterocycles. The van der Waals surface area contributed by atoms with Crippen LogP contribution in [0.5, 0.6) is 0 Å². The van der Waals surface area contributed by atoms with E-state index >= 15 is 0 Å². The minimum Gasteiger partial charge on any atom is -0.345 e.